The molecule has 0 saturated carbocycles. The largest absolute Gasteiger partial charge is 0.377 e. The Bertz CT molecular complexity index is 171. The van der Waals surface area contributed by atoms with Gasteiger partial charge in [0, 0.05) is 6.54 Å². The first-order valence-electron chi connectivity index (χ1n) is 6.71. The van der Waals surface area contributed by atoms with Crippen LogP contribution >= 0.6 is 12.4 Å². The lowest BCUT2D eigenvalue weighted by atomic mass is 9.93. The van der Waals surface area contributed by atoms with Gasteiger partial charge in [-0.3, -0.25) is 0 Å². The molecule has 0 radical (unpaired) electrons. The summed E-state index contributed by atoms with van der Waals surface area (Å²) >= 11 is 0. The van der Waals surface area contributed by atoms with Crippen LogP contribution in [0.1, 0.15) is 33.1 Å². The van der Waals surface area contributed by atoms with Crippen molar-refractivity contribution in [2.75, 3.05) is 39.8 Å². The highest BCUT2D eigenvalue weighted by Gasteiger charge is 2.18. The molecule has 0 amide bonds. The fraction of sp³-hybridized carbons (Fsp3) is 1.00. The van der Waals surface area contributed by atoms with Crippen LogP contribution in [-0.2, 0) is 4.74 Å². The Morgan fingerprint density at radius 1 is 1.29 bits per heavy atom. The van der Waals surface area contributed by atoms with E-state index in [1.807, 2.05) is 7.05 Å². The first-order chi connectivity index (χ1) is 7.72. The van der Waals surface area contributed by atoms with E-state index in [0.29, 0.717) is 6.10 Å². The summed E-state index contributed by atoms with van der Waals surface area (Å²) in [7, 11) is 2.04. The number of hydrogen-bond donors (Lipinski definition) is 1. The summed E-state index contributed by atoms with van der Waals surface area (Å²) in [6.45, 7) is 9.89. The van der Waals surface area contributed by atoms with Crippen LogP contribution in [0, 0.1) is 5.92 Å². The lowest BCUT2D eigenvalue weighted by Gasteiger charge is -2.32. The average molecular weight is 265 g/mol. The third-order valence-electron chi connectivity index (χ3n) is 3.37. The van der Waals surface area contributed by atoms with Gasteiger partial charge in [0.2, 0.25) is 0 Å². The van der Waals surface area contributed by atoms with Crippen molar-refractivity contribution in [3.8, 4) is 0 Å². The van der Waals surface area contributed by atoms with Crippen molar-refractivity contribution in [1.82, 2.24) is 10.2 Å². The highest BCUT2D eigenvalue weighted by molar-refractivity contribution is 5.85. The van der Waals surface area contributed by atoms with E-state index in [-0.39, 0.29) is 12.4 Å². The second-order valence-electron chi connectivity index (χ2n) is 5.10. The molecule has 1 aliphatic heterocycles. The molecule has 1 fully saturated rings. The van der Waals surface area contributed by atoms with Gasteiger partial charge in [0.05, 0.1) is 12.7 Å². The number of hydrogen-bond acceptors (Lipinski definition) is 3. The van der Waals surface area contributed by atoms with Gasteiger partial charge in [0.25, 0.3) is 0 Å². The number of nitrogens with zero attached hydrogens (tertiary/aromatic N) is 1. The van der Waals surface area contributed by atoms with Gasteiger partial charge < -0.3 is 15.0 Å². The van der Waals surface area contributed by atoms with E-state index in [4.69, 9.17) is 4.74 Å². The number of ether oxygens (including phenoxy) is 1. The maximum Gasteiger partial charge on any atom is 0.0596 e. The van der Waals surface area contributed by atoms with Crippen LogP contribution in [0.4, 0.5) is 0 Å². The smallest absolute Gasteiger partial charge is 0.0596 e. The van der Waals surface area contributed by atoms with Gasteiger partial charge in [0.1, 0.15) is 0 Å². The normalized spacial score (nSPS) is 18.4. The molecule has 1 saturated heterocycles. The molecule has 0 atom stereocenters. The summed E-state index contributed by atoms with van der Waals surface area (Å²) in [4.78, 5) is 2.54. The van der Waals surface area contributed by atoms with E-state index in [2.05, 4.69) is 24.1 Å². The predicted molar refractivity (Wildman–Crippen MR) is 76.0 cm³/mol. The molecule has 3 nitrogen and oxygen atoms in total. The van der Waals surface area contributed by atoms with Gasteiger partial charge in [-0.15, -0.1) is 12.4 Å². The third kappa shape index (κ3) is 7.98. The number of halogens is 1. The second-order valence-corrected chi connectivity index (χ2v) is 5.10. The molecule has 0 bridgehead atoms. The van der Waals surface area contributed by atoms with Gasteiger partial charge >= 0.3 is 0 Å². The molecule has 0 aromatic carbocycles. The first kappa shape index (κ1) is 17.2. The minimum Gasteiger partial charge on any atom is -0.377 e. The highest BCUT2D eigenvalue weighted by atomic mass is 35.5. The van der Waals surface area contributed by atoms with Crippen LogP contribution in [0.2, 0.25) is 0 Å². The SMILES string of the molecule is CNCCC1CCN(CCOC(C)C)CC1.Cl. The van der Waals surface area contributed by atoms with Crippen molar-refractivity contribution < 1.29 is 4.74 Å². The Morgan fingerprint density at radius 3 is 2.47 bits per heavy atom. The van der Waals surface area contributed by atoms with Crippen LogP contribution in [-0.4, -0.2) is 50.8 Å². The predicted octanol–water partition coefficient (Wildman–Crippen LogP) is 2.15. The summed E-state index contributed by atoms with van der Waals surface area (Å²) in [6, 6.07) is 0. The zero-order valence-corrected chi connectivity index (χ0v) is 12.4. The third-order valence-corrected chi connectivity index (χ3v) is 3.37. The molecule has 104 valence electrons. The van der Waals surface area contributed by atoms with E-state index in [9.17, 15) is 0 Å². The standard InChI is InChI=1S/C13H28N2O.ClH/c1-12(2)16-11-10-15-8-5-13(6-9-15)4-7-14-3;/h12-14H,4-11H2,1-3H3;1H. The van der Waals surface area contributed by atoms with Crippen molar-refractivity contribution in [3.05, 3.63) is 0 Å². The highest BCUT2D eigenvalue weighted by Crippen LogP contribution is 2.19. The van der Waals surface area contributed by atoms with E-state index in [0.717, 1.165) is 19.1 Å². The number of likely N-dealkylation sites (tertiary alicyclic amines) is 1. The Morgan fingerprint density at radius 2 is 1.94 bits per heavy atom. The van der Waals surface area contributed by atoms with Crippen molar-refractivity contribution in [2.24, 2.45) is 5.92 Å². The van der Waals surface area contributed by atoms with Gasteiger partial charge in [-0.1, -0.05) is 0 Å². The minimum atomic E-state index is 0. The molecule has 1 aliphatic rings. The van der Waals surface area contributed by atoms with E-state index in [1.165, 1.54) is 38.9 Å². The summed E-state index contributed by atoms with van der Waals surface area (Å²) in [6.07, 6.45) is 4.44. The lowest BCUT2D eigenvalue weighted by Crippen LogP contribution is -2.36. The van der Waals surface area contributed by atoms with Crippen LogP contribution in [0.5, 0.6) is 0 Å². The zero-order valence-electron chi connectivity index (χ0n) is 11.6. The number of rotatable bonds is 7. The van der Waals surface area contributed by atoms with Gasteiger partial charge in [-0.2, -0.15) is 0 Å². The molecule has 1 heterocycles. The Kier molecular flexibility index (Phi) is 10.2. The monoisotopic (exact) mass is 264 g/mol. The summed E-state index contributed by atoms with van der Waals surface area (Å²) in [5.74, 6) is 0.940. The molecule has 0 unspecified atom stereocenters. The summed E-state index contributed by atoms with van der Waals surface area (Å²) in [5, 5.41) is 3.24. The Hall–Kier alpha value is 0.170. The van der Waals surface area contributed by atoms with Crippen LogP contribution < -0.4 is 5.32 Å². The molecule has 17 heavy (non-hydrogen) atoms. The van der Waals surface area contributed by atoms with Crippen molar-refractivity contribution in [3.63, 3.8) is 0 Å². The van der Waals surface area contributed by atoms with Crippen LogP contribution in [0.3, 0.4) is 0 Å². The molecule has 0 spiro atoms. The molecule has 0 aliphatic carbocycles. The maximum atomic E-state index is 5.58. The Balaban J connectivity index is 0.00000256. The van der Waals surface area contributed by atoms with Gasteiger partial charge in [-0.25, -0.2) is 0 Å². The van der Waals surface area contributed by atoms with Crippen molar-refractivity contribution in [1.29, 1.82) is 0 Å². The number of piperidine rings is 1. The quantitative estimate of drug-likeness (QED) is 0.763. The Labute approximate surface area is 113 Å². The zero-order chi connectivity index (χ0) is 11.8. The average Bonchev–Trinajstić information content (AvgIpc) is 2.27. The molecular formula is C13H29ClN2O. The van der Waals surface area contributed by atoms with Crippen LogP contribution in [0.25, 0.3) is 0 Å². The van der Waals surface area contributed by atoms with Crippen LogP contribution in [0.15, 0.2) is 0 Å². The van der Waals surface area contributed by atoms with Crippen molar-refractivity contribution >= 4 is 12.4 Å². The van der Waals surface area contributed by atoms with Crippen molar-refractivity contribution in [2.45, 2.75) is 39.2 Å². The van der Waals surface area contributed by atoms with E-state index in [1.54, 1.807) is 0 Å². The molecule has 1 rings (SSSR count). The fourth-order valence-electron chi connectivity index (χ4n) is 2.26. The second kappa shape index (κ2) is 10.1. The first-order valence-corrected chi connectivity index (χ1v) is 6.71. The van der Waals surface area contributed by atoms with Gasteiger partial charge in [0.15, 0.2) is 0 Å². The summed E-state index contributed by atoms with van der Waals surface area (Å²) < 4.78 is 5.58. The fourth-order valence-corrected chi connectivity index (χ4v) is 2.26. The molecule has 0 aromatic rings. The van der Waals surface area contributed by atoms with Gasteiger partial charge in [-0.05, 0) is 65.7 Å². The minimum absolute atomic E-state index is 0. The summed E-state index contributed by atoms with van der Waals surface area (Å²) in [5.41, 5.74) is 0. The molecular weight excluding hydrogens is 236 g/mol. The molecule has 0 aromatic heterocycles. The lowest BCUT2D eigenvalue weighted by molar-refractivity contribution is 0.0504. The molecule has 4 heteroatoms. The van der Waals surface area contributed by atoms with E-state index >= 15 is 0 Å². The van der Waals surface area contributed by atoms with E-state index < -0.39 is 0 Å². The molecule has 1 N–H and O–H groups in total. The number of nitrogens with one attached hydrogen (secondary N) is 1. The topological polar surface area (TPSA) is 24.5 Å². The maximum absolute atomic E-state index is 5.58.